The van der Waals surface area contributed by atoms with E-state index < -0.39 is 0 Å². The van der Waals surface area contributed by atoms with Crippen molar-refractivity contribution in [2.24, 2.45) is 4.99 Å². The molecule has 9 heteroatoms. The van der Waals surface area contributed by atoms with Crippen molar-refractivity contribution < 1.29 is 4.79 Å². The topological polar surface area (TPSA) is 128 Å². The molecule has 0 spiro atoms. The standard InChI is InChI=1S/C17H11N7OS/c1-10-7-20-9-14(22-10)16(25)24-17-23-13-3-2-11(4-15(13)26-17)8-21-12(5-18)6-19/h2-4,7,9H,8H2,1H3,(H,23,24,25). The van der Waals surface area contributed by atoms with Gasteiger partial charge in [0.15, 0.2) is 5.13 Å². The van der Waals surface area contributed by atoms with Crippen LogP contribution in [0, 0.1) is 29.6 Å². The quantitative estimate of drug-likeness (QED) is 0.711. The van der Waals surface area contributed by atoms with Gasteiger partial charge in [0, 0.05) is 6.20 Å². The number of aryl methyl sites for hydroxylation is 1. The molecule has 0 radical (unpaired) electrons. The maximum atomic E-state index is 12.2. The van der Waals surface area contributed by atoms with E-state index in [1.807, 2.05) is 12.1 Å². The number of nitrogens with one attached hydrogen (secondary N) is 1. The van der Waals surface area contributed by atoms with Gasteiger partial charge in [0.2, 0.25) is 5.71 Å². The molecule has 1 N–H and O–H groups in total. The van der Waals surface area contributed by atoms with Crippen molar-refractivity contribution in [3.05, 3.63) is 47.5 Å². The maximum absolute atomic E-state index is 12.2. The predicted octanol–water partition coefficient (Wildman–Crippen LogP) is 2.64. The fourth-order valence-electron chi connectivity index (χ4n) is 2.12. The van der Waals surface area contributed by atoms with Gasteiger partial charge in [-0.05, 0) is 24.6 Å². The fourth-order valence-corrected chi connectivity index (χ4v) is 3.05. The van der Waals surface area contributed by atoms with Crippen LogP contribution in [-0.2, 0) is 6.54 Å². The van der Waals surface area contributed by atoms with Gasteiger partial charge < -0.3 is 0 Å². The first-order valence-electron chi connectivity index (χ1n) is 7.43. The van der Waals surface area contributed by atoms with Gasteiger partial charge in [-0.3, -0.25) is 20.1 Å². The number of thiazole rings is 1. The van der Waals surface area contributed by atoms with E-state index in [9.17, 15) is 4.79 Å². The summed E-state index contributed by atoms with van der Waals surface area (Å²) in [5, 5.41) is 20.6. The van der Waals surface area contributed by atoms with E-state index in [1.165, 1.54) is 17.5 Å². The molecule has 26 heavy (non-hydrogen) atoms. The van der Waals surface area contributed by atoms with Gasteiger partial charge in [-0.15, -0.1) is 0 Å². The molecular formula is C17H11N7OS. The van der Waals surface area contributed by atoms with Crippen LogP contribution in [0.3, 0.4) is 0 Å². The lowest BCUT2D eigenvalue weighted by atomic mass is 10.2. The average Bonchev–Trinajstić information content (AvgIpc) is 3.04. The molecule has 3 rings (SSSR count). The van der Waals surface area contributed by atoms with Gasteiger partial charge in [0.1, 0.15) is 17.8 Å². The molecule has 0 saturated carbocycles. The van der Waals surface area contributed by atoms with E-state index in [0.29, 0.717) is 10.8 Å². The molecule has 0 aliphatic rings. The van der Waals surface area contributed by atoms with Crippen LogP contribution < -0.4 is 5.32 Å². The molecule has 1 aromatic carbocycles. The van der Waals surface area contributed by atoms with E-state index >= 15 is 0 Å². The molecule has 0 saturated heterocycles. The van der Waals surface area contributed by atoms with Gasteiger partial charge in [0.05, 0.1) is 28.7 Å². The first-order valence-corrected chi connectivity index (χ1v) is 8.25. The lowest BCUT2D eigenvalue weighted by Crippen LogP contribution is -2.14. The number of fused-ring (bicyclic) bond motifs is 1. The molecule has 8 nitrogen and oxygen atoms in total. The molecule has 1 amide bonds. The van der Waals surface area contributed by atoms with E-state index in [0.717, 1.165) is 15.8 Å². The second-order valence-electron chi connectivity index (χ2n) is 5.21. The van der Waals surface area contributed by atoms with Gasteiger partial charge in [-0.1, -0.05) is 17.4 Å². The Morgan fingerprint density at radius 1 is 1.27 bits per heavy atom. The number of aromatic nitrogens is 3. The molecule has 0 aliphatic carbocycles. The Morgan fingerprint density at radius 2 is 2.08 bits per heavy atom. The highest BCUT2D eigenvalue weighted by molar-refractivity contribution is 7.22. The van der Waals surface area contributed by atoms with Crippen molar-refractivity contribution in [1.82, 2.24) is 15.0 Å². The first-order chi connectivity index (χ1) is 12.6. The molecule has 0 unspecified atom stereocenters. The molecule has 0 atom stereocenters. The summed E-state index contributed by atoms with van der Waals surface area (Å²) in [4.78, 5) is 28.6. The van der Waals surface area contributed by atoms with Gasteiger partial charge in [-0.2, -0.15) is 10.5 Å². The van der Waals surface area contributed by atoms with E-state index in [4.69, 9.17) is 10.5 Å². The molecule has 2 aromatic heterocycles. The number of carbonyl (C=O) groups excluding carboxylic acids is 1. The monoisotopic (exact) mass is 361 g/mol. The summed E-state index contributed by atoms with van der Waals surface area (Å²) in [6, 6.07) is 8.93. The molecule has 0 aliphatic heterocycles. The van der Waals surface area contributed by atoms with Crippen LogP contribution in [0.2, 0.25) is 0 Å². The number of hydrogen-bond donors (Lipinski definition) is 1. The number of benzene rings is 1. The molecule has 126 valence electrons. The van der Waals surface area contributed by atoms with Crippen molar-refractivity contribution >= 4 is 38.3 Å². The van der Waals surface area contributed by atoms with Crippen molar-refractivity contribution in [2.45, 2.75) is 13.5 Å². The third-order valence-electron chi connectivity index (χ3n) is 3.29. The summed E-state index contributed by atoms with van der Waals surface area (Å²) in [6.45, 7) is 1.99. The summed E-state index contributed by atoms with van der Waals surface area (Å²) < 4.78 is 0.860. The minimum atomic E-state index is -0.377. The Bertz CT molecular complexity index is 1090. The van der Waals surface area contributed by atoms with E-state index in [-0.39, 0.29) is 23.9 Å². The third-order valence-corrected chi connectivity index (χ3v) is 4.23. The average molecular weight is 361 g/mol. The molecule has 0 fully saturated rings. The Balaban J connectivity index is 1.79. The molecule has 2 heterocycles. The van der Waals surface area contributed by atoms with Gasteiger partial charge in [-0.25, -0.2) is 9.97 Å². The van der Waals surface area contributed by atoms with Gasteiger partial charge in [0.25, 0.3) is 5.91 Å². The summed E-state index contributed by atoms with van der Waals surface area (Å²) in [7, 11) is 0. The minimum Gasteiger partial charge on any atom is -0.296 e. The number of anilines is 1. The van der Waals surface area contributed by atoms with Crippen molar-refractivity contribution in [3.63, 3.8) is 0 Å². The molecular weight excluding hydrogens is 350 g/mol. The lowest BCUT2D eigenvalue weighted by Gasteiger charge is -2.00. The molecule has 3 aromatic rings. The minimum absolute atomic E-state index is 0.165. The first kappa shape index (κ1) is 17.1. The van der Waals surface area contributed by atoms with Crippen molar-refractivity contribution in [1.29, 1.82) is 10.5 Å². The smallest absolute Gasteiger partial charge is 0.277 e. The number of nitrogens with zero attached hydrogens (tertiary/aromatic N) is 6. The van der Waals surface area contributed by atoms with Crippen LogP contribution in [0.4, 0.5) is 5.13 Å². The zero-order valence-electron chi connectivity index (χ0n) is 13.6. The van der Waals surface area contributed by atoms with E-state index in [1.54, 1.807) is 31.3 Å². The number of carbonyl (C=O) groups is 1. The Kier molecular flexibility index (Phi) is 4.92. The maximum Gasteiger partial charge on any atom is 0.277 e. The Labute approximate surface area is 152 Å². The highest BCUT2D eigenvalue weighted by Crippen LogP contribution is 2.27. The van der Waals surface area contributed by atoms with Gasteiger partial charge >= 0.3 is 0 Å². The number of nitriles is 2. The fraction of sp³-hybridized carbons (Fsp3) is 0.118. The summed E-state index contributed by atoms with van der Waals surface area (Å²) in [5.41, 5.74) is 2.28. The van der Waals surface area contributed by atoms with Crippen LogP contribution >= 0.6 is 11.3 Å². The lowest BCUT2D eigenvalue weighted by molar-refractivity contribution is 0.102. The van der Waals surface area contributed by atoms with Crippen LogP contribution in [0.1, 0.15) is 21.7 Å². The van der Waals surface area contributed by atoms with Crippen molar-refractivity contribution in [3.8, 4) is 12.1 Å². The Hall–Kier alpha value is -3.69. The van der Waals surface area contributed by atoms with Crippen LogP contribution in [-0.4, -0.2) is 26.6 Å². The normalized spacial score (nSPS) is 9.96. The summed E-state index contributed by atoms with van der Waals surface area (Å²) in [5.74, 6) is -0.377. The second-order valence-corrected chi connectivity index (χ2v) is 6.24. The van der Waals surface area contributed by atoms with Crippen LogP contribution in [0.5, 0.6) is 0 Å². The number of amides is 1. The largest absolute Gasteiger partial charge is 0.296 e. The van der Waals surface area contributed by atoms with Crippen LogP contribution in [0.15, 0.2) is 35.6 Å². The third kappa shape index (κ3) is 3.86. The zero-order valence-corrected chi connectivity index (χ0v) is 14.4. The number of rotatable bonds is 4. The number of hydrogen-bond acceptors (Lipinski definition) is 8. The van der Waals surface area contributed by atoms with Crippen LogP contribution in [0.25, 0.3) is 10.2 Å². The predicted molar refractivity (Wildman–Crippen MR) is 96.7 cm³/mol. The highest BCUT2D eigenvalue weighted by Gasteiger charge is 2.12. The number of aliphatic imine (C=N–C) groups is 1. The van der Waals surface area contributed by atoms with Crippen molar-refractivity contribution in [2.75, 3.05) is 5.32 Å². The summed E-state index contributed by atoms with van der Waals surface area (Å²) >= 11 is 1.31. The summed E-state index contributed by atoms with van der Waals surface area (Å²) in [6.07, 6.45) is 2.97. The van der Waals surface area contributed by atoms with E-state index in [2.05, 4.69) is 25.3 Å². The Morgan fingerprint density at radius 3 is 2.81 bits per heavy atom. The zero-order chi connectivity index (χ0) is 18.5. The SMILES string of the molecule is Cc1cncc(C(=O)Nc2nc3ccc(CN=C(C#N)C#N)cc3s2)n1. The highest BCUT2D eigenvalue weighted by atomic mass is 32.1. The molecule has 0 bridgehead atoms. The second kappa shape index (κ2) is 7.47.